The van der Waals surface area contributed by atoms with Crippen molar-refractivity contribution in [2.45, 2.75) is 119 Å². The number of nitrogens with zero attached hydrogens (tertiary/aromatic N) is 1. The van der Waals surface area contributed by atoms with Crippen LogP contribution in [-0.2, 0) is 0 Å². The smallest absolute Gasteiger partial charge is 0.0381 e. The molecule has 2 saturated carbocycles. The lowest BCUT2D eigenvalue weighted by Crippen LogP contribution is -2.37. The monoisotopic (exact) mass is 582 g/mol. The lowest BCUT2D eigenvalue weighted by Gasteiger charge is -2.34. The van der Waals surface area contributed by atoms with Crippen molar-refractivity contribution in [1.82, 2.24) is 10.2 Å². The molecular weight excluding hydrogens is 520 g/mol. The number of hydrogen-bond acceptors (Lipinski definition) is 2. The minimum atomic E-state index is 0.450. The fourth-order valence-corrected chi connectivity index (χ4v) is 7.37. The largest absolute Gasteiger partial charge is 0.390 e. The van der Waals surface area contributed by atoms with Gasteiger partial charge in [-0.05, 0) is 153 Å². The second-order valence-corrected chi connectivity index (χ2v) is 14.1. The molecular formula is C41H62N2. The van der Waals surface area contributed by atoms with Gasteiger partial charge in [0.05, 0.1) is 0 Å². The molecule has 0 spiro atoms. The van der Waals surface area contributed by atoms with Crippen LogP contribution in [0.2, 0.25) is 0 Å². The minimum Gasteiger partial charge on any atom is -0.390 e. The number of piperidine rings is 1. The van der Waals surface area contributed by atoms with Crippen LogP contribution in [0.1, 0.15) is 128 Å². The highest BCUT2D eigenvalue weighted by molar-refractivity contribution is 5.78. The molecule has 1 aromatic rings. The van der Waals surface area contributed by atoms with Crippen molar-refractivity contribution < 1.29 is 0 Å². The van der Waals surface area contributed by atoms with Crippen LogP contribution in [0.3, 0.4) is 0 Å². The number of nitrogens with one attached hydrogen (secondary N) is 1. The van der Waals surface area contributed by atoms with E-state index >= 15 is 0 Å². The standard InChI is InChI=1S/C41H62N2/c1-10-14-36(38(30(7)12-3)26-37(29(6)11-2)33-19-20-33)41(28(4)5)39-25-35(18-17-31(39)8)32-21-23-43(24-22-32)27-40(42-9)34-15-13-16-34/h12,17-18,25-26,28-29,32-33,42H,3,10-11,13-16,19-24,27H2,1-2,4-9H3/b37-26+,38-30+,41-36+. The molecule has 2 heteroatoms. The number of aryl methyl sites for hydroxylation is 1. The zero-order valence-corrected chi connectivity index (χ0v) is 29.0. The van der Waals surface area contributed by atoms with Crippen LogP contribution < -0.4 is 5.32 Å². The van der Waals surface area contributed by atoms with Gasteiger partial charge in [0.25, 0.3) is 0 Å². The van der Waals surface area contributed by atoms with Crippen LogP contribution in [-0.4, -0.2) is 31.6 Å². The summed E-state index contributed by atoms with van der Waals surface area (Å²) in [5, 5.41) is 3.52. The Kier molecular flexibility index (Phi) is 12.2. The first-order valence-electron chi connectivity index (χ1n) is 17.7. The van der Waals surface area contributed by atoms with Crippen molar-refractivity contribution >= 4 is 5.57 Å². The molecule has 1 aliphatic heterocycles. The number of hydrogen-bond donors (Lipinski definition) is 1. The maximum atomic E-state index is 4.25. The molecule has 0 radical (unpaired) electrons. The Balaban J connectivity index is 1.69. The van der Waals surface area contributed by atoms with Gasteiger partial charge in [-0.2, -0.15) is 0 Å². The van der Waals surface area contributed by atoms with E-state index in [9.17, 15) is 0 Å². The van der Waals surface area contributed by atoms with Crippen molar-refractivity contribution in [1.29, 1.82) is 0 Å². The molecule has 1 saturated heterocycles. The van der Waals surface area contributed by atoms with Crippen molar-refractivity contribution in [2.24, 2.45) is 17.8 Å². The predicted octanol–water partition coefficient (Wildman–Crippen LogP) is 10.9. The molecule has 236 valence electrons. The van der Waals surface area contributed by atoms with Gasteiger partial charge in [0.1, 0.15) is 0 Å². The lowest BCUT2D eigenvalue weighted by atomic mass is 9.79. The van der Waals surface area contributed by atoms with Crippen LogP contribution >= 0.6 is 0 Å². The van der Waals surface area contributed by atoms with Gasteiger partial charge in [-0.3, -0.25) is 4.90 Å². The van der Waals surface area contributed by atoms with E-state index in [0.717, 1.165) is 25.3 Å². The fourth-order valence-electron chi connectivity index (χ4n) is 7.37. The minimum absolute atomic E-state index is 0.450. The SMILES string of the molecule is C=C/C(C)=C(\C=C(/C(C)CC)C1CC1)C(/CCC)=C(/c1cc(C2CCN(CC(NC)=C3CCC3)CC2)ccc1C)C(C)C. The Bertz CT molecular complexity index is 1230. The summed E-state index contributed by atoms with van der Waals surface area (Å²) in [6, 6.07) is 7.44. The van der Waals surface area contributed by atoms with E-state index in [1.807, 2.05) is 0 Å². The molecule has 43 heavy (non-hydrogen) atoms. The quantitative estimate of drug-likeness (QED) is 0.219. The summed E-state index contributed by atoms with van der Waals surface area (Å²) in [4.78, 5) is 2.68. The van der Waals surface area contributed by atoms with Crippen LogP contribution in [0.25, 0.3) is 5.57 Å². The molecule has 3 fully saturated rings. The molecule has 1 heterocycles. The number of benzene rings is 1. The van der Waals surface area contributed by atoms with Gasteiger partial charge >= 0.3 is 0 Å². The van der Waals surface area contributed by atoms with Crippen LogP contribution in [0.5, 0.6) is 0 Å². The maximum absolute atomic E-state index is 4.25. The van der Waals surface area contributed by atoms with Gasteiger partial charge in [0, 0.05) is 19.3 Å². The molecule has 4 rings (SSSR count). The van der Waals surface area contributed by atoms with E-state index in [4.69, 9.17) is 0 Å². The normalized spacial score (nSPS) is 20.4. The van der Waals surface area contributed by atoms with Crippen LogP contribution in [0, 0.1) is 24.7 Å². The molecule has 1 aromatic carbocycles. The Morgan fingerprint density at radius 2 is 1.77 bits per heavy atom. The average Bonchev–Trinajstić information content (AvgIpc) is 3.82. The van der Waals surface area contributed by atoms with Crippen LogP contribution in [0.4, 0.5) is 0 Å². The number of likely N-dealkylation sites (tertiary alicyclic amines) is 1. The maximum Gasteiger partial charge on any atom is 0.0381 e. The molecule has 3 aliphatic rings. The summed E-state index contributed by atoms with van der Waals surface area (Å²) >= 11 is 0. The number of rotatable bonds is 14. The third-order valence-corrected chi connectivity index (χ3v) is 10.7. The van der Waals surface area contributed by atoms with E-state index in [2.05, 4.69) is 103 Å². The molecule has 2 aliphatic carbocycles. The third kappa shape index (κ3) is 8.24. The zero-order valence-electron chi connectivity index (χ0n) is 29.0. The highest BCUT2D eigenvalue weighted by Crippen LogP contribution is 2.44. The summed E-state index contributed by atoms with van der Waals surface area (Å²) in [7, 11) is 2.11. The Morgan fingerprint density at radius 1 is 1.07 bits per heavy atom. The summed E-state index contributed by atoms with van der Waals surface area (Å²) < 4.78 is 0. The molecule has 0 bridgehead atoms. The van der Waals surface area contributed by atoms with E-state index < -0.39 is 0 Å². The second kappa shape index (κ2) is 15.6. The van der Waals surface area contributed by atoms with Crippen molar-refractivity contribution in [2.75, 3.05) is 26.7 Å². The summed E-state index contributed by atoms with van der Waals surface area (Å²) in [5.74, 6) is 2.50. The van der Waals surface area contributed by atoms with Crippen molar-refractivity contribution in [3.8, 4) is 0 Å². The lowest BCUT2D eigenvalue weighted by molar-refractivity contribution is 0.224. The highest BCUT2D eigenvalue weighted by atomic mass is 15.1. The van der Waals surface area contributed by atoms with E-state index in [-0.39, 0.29) is 0 Å². The first-order valence-corrected chi connectivity index (χ1v) is 17.7. The van der Waals surface area contributed by atoms with Crippen molar-refractivity contribution in [3.63, 3.8) is 0 Å². The predicted molar refractivity (Wildman–Crippen MR) is 189 cm³/mol. The van der Waals surface area contributed by atoms with Crippen LogP contribution in [0.15, 0.2) is 70.5 Å². The van der Waals surface area contributed by atoms with Crippen molar-refractivity contribution in [3.05, 3.63) is 87.2 Å². The van der Waals surface area contributed by atoms with Gasteiger partial charge in [-0.25, -0.2) is 0 Å². The second-order valence-electron chi connectivity index (χ2n) is 14.1. The molecule has 0 amide bonds. The van der Waals surface area contributed by atoms with Gasteiger partial charge in [0.15, 0.2) is 0 Å². The topological polar surface area (TPSA) is 15.3 Å². The first kappa shape index (κ1) is 33.6. The van der Waals surface area contributed by atoms with Gasteiger partial charge in [-0.1, -0.05) is 83.5 Å². The summed E-state index contributed by atoms with van der Waals surface area (Å²) in [6.07, 6.45) is 17.3. The zero-order chi connectivity index (χ0) is 31.1. The van der Waals surface area contributed by atoms with E-state index in [0.29, 0.717) is 17.8 Å². The first-order chi connectivity index (χ1) is 20.7. The summed E-state index contributed by atoms with van der Waals surface area (Å²) in [5.41, 5.74) is 15.1. The summed E-state index contributed by atoms with van der Waals surface area (Å²) in [6.45, 7) is 24.3. The highest BCUT2D eigenvalue weighted by Gasteiger charge is 2.30. The molecule has 2 nitrogen and oxygen atoms in total. The van der Waals surface area contributed by atoms with Gasteiger partial charge in [-0.15, -0.1) is 0 Å². The van der Waals surface area contributed by atoms with Gasteiger partial charge < -0.3 is 5.32 Å². The molecule has 1 N–H and O–H groups in total. The van der Waals surface area contributed by atoms with E-state index in [1.165, 1.54) is 92.4 Å². The third-order valence-electron chi connectivity index (χ3n) is 10.7. The number of allylic oxidation sites excluding steroid dienone is 8. The molecule has 0 aromatic heterocycles. The van der Waals surface area contributed by atoms with E-state index in [1.54, 1.807) is 27.9 Å². The number of likely N-dealkylation sites (N-methyl/N-ethyl adjacent to an activating group) is 1. The fraction of sp³-hybridized carbons (Fsp3) is 0.610. The Morgan fingerprint density at radius 3 is 2.28 bits per heavy atom. The Hall–Kier alpha value is -2.32. The average molecular weight is 583 g/mol. The Labute approximate surface area is 265 Å². The molecule has 1 atom stereocenters. The van der Waals surface area contributed by atoms with Gasteiger partial charge in [0.2, 0.25) is 0 Å². The molecule has 1 unspecified atom stereocenters.